The van der Waals surface area contributed by atoms with E-state index in [0.29, 0.717) is 5.75 Å². The first-order valence-corrected chi connectivity index (χ1v) is 6.20. The van der Waals surface area contributed by atoms with Gasteiger partial charge in [-0.3, -0.25) is 0 Å². The van der Waals surface area contributed by atoms with Crippen LogP contribution in [0.4, 0.5) is 0 Å². The van der Waals surface area contributed by atoms with Crippen LogP contribution in [-0.4, -0.2) is 5.11 Å². The van der Waals surface area contributed by atoms with E-state index in [4.69, 9.17) is 5.73 Å². The van der Waals surface area contributed by atoms with Gasteiger partial charge in [0, 0.05) is 5.54 Å². The van der Waals surface area contributed by atoms with Gasteiger partial charge in [0.15, 0.2) is 0 Å². The van der Waals surface area contributed by atoms with E-state index in [9.17, 15) is 5.11 Å². The molecule has 1 aliphatic rings. The molecular formula is C15H17NO. The lowest BCUT2D eigenvalue weighted by molar-refractivity contribution is 0.465. The Bertz CT molecular complexity index is 556. The quantitative estimate of drug-likeness (QED) is 0.785. The van der Waals surface area contributed by atoms with E-state index in [1.807, 2.05) is 18.2 Å². The number of nitrogens with two attached hydrogens (primary N) is 1. The standard InChI is InChI=1S/C15H17NO/c16-15(8-1-2-9-15)14-5-3-4-11-10-12(17)6-7-13(11)14/h3-7,10,17H,1-2,8-9,16H2. The zero-order valence-corrected chi connectivity index (χ0v) is 9.82. The van der Waals surface area contributed by atoms with Crippen LogP contribution in [-0.2, 0) is 5.54 Å². The maximum Gasteiger partial charge on any atom is 0.116 e. The number of fused-ring (bicyclic) bond motifs is 1. The molecule has 1 aliphatic carbocycles. The smallest absolute Gasteiger partial charge is 0.116 e. The topological polar surface area (TPSA) is 46.2 Å². The molecule has 1 saturated carbocycles. The predicted molar refractivity (Wildman–Crippen MR) is 69.9 cm³/mol. The Morgan fingerprint density at radius 1 is 1.06 bits per heavy atom. The molecule has 2 heteroatoms. The second-order valence-corrected chi connectivity index (χ2v) is 5.07. The van der Waals surface area contributed by atoms with Gasteiger partial charge in [-0.25, -0.2) is 0 Å². The van der Waals surface area contributed by atoms with Crippen molar-refractivity contribution >= 4 is 10.8 Å². The number of phenols is 1. The van der Waals surface area contributed by atoms with Gasteiger partial charge in [-0.05, 0) is 41.3 Å². The third-order valence-corrected chi connectivity index (χ3v) is 3.90. The summed E-state index contributed by atoms with van der Waals surface area (Å²) in [5, 5.41) is 11.8. The molecule has 0 aliphatic heterocycles. The van der Waals surface area contributed by atoms with Gasteiger partial charge in [-0.2, -0.15) is 0 Å². The Kier molecular flexibility index (Phi) is 2.33. The van der Waals surface area contributed by atoms with E-state index in [-0.39, 0.29) is 5.54 Å². The summed E-state index contributed by atoms with van der Waals surface area (Å²) < 4.78 is 0. The Hall–Kier alpha value is -1.54. The van der Waals surface area contributed by atoms with Crippen LogP contribution in [0.5, 0.6) is 5.75 Å². The Morgan fingerprint density at radius 2 is 1.82 bits per heavy atom. The summed E-state index contributed by atoms with van der Waals surface area (Å²) in [7, 11) is 0. The molecule has 2 nitrogen and oxygen atoms in total. The highest BCUT2D eigenvalue weighted by Gasteiger charge is 2.32. The van der Waals surface area contributed by atoms with Gasteiger partial charge in [0.25, 0.3) is 0 Å². The Labute approximate surface area is 101 Å². The van der Waals surface area contributed by atoms with Gasteiger partial charge in [-0.15, -0.1) is 0 Å². The number of hydrogen-bond acceptors (Lipinski definition) is 2. The van der Waals surface area contributed by atoms with Crippen molar-refractivity contribution in [2.75, 3.05) is 0 Å². The Morgan fingerprint density at radius 3 is 2.59 bits per heavy atom. The van der Waals surface area contributed by atoms with E-state index in [0.717, 1.165) is 18.2 Å². The molecule has 88 valence electrons. The van der Waals surface area contributed by atoms with Crippen LogP contribution < -0.4 is 5.73 Å². The van der Waals surface area contributed by atoms with Crippen molar-refractivity contribution in [3.05, 3.63) is 42.0 Å². The number of phenolic OH excluding ortho intramolecular Hbond substituents is 1. The van der Waals surface area contributed by atoms with Crippen molar-refractivity contribution in [1.29, 1.82) is 0 Å². The fourth-order valence-electron chi connectivity index (χ4n) is 2.98. The summed E-state index contributed by atoms with van der Waals surface area (Å²) in [6.07, 6.45) is 4.55. The number of benzene rings is 2. The maximum absolute atomic E-state index is 9.52. The van der Waals surface area contributed by atoms with E-state index >= 15 is 0 Å². The van der Waals surface area contributed by atoms with Crippen molar-refractivity contribution in [2.24, 2.45) is 5.73 Å². The van der Waals surface area contributed by atoms with Crippen molar-refractivity contribution in [2.45, 2.75) is 31.2 Å². The highest BCUT2D eigenvalue weighted by Crippen LogP contribution is 2.39. The monoisotopic (exact) mass is 227 g/mol. The Balaban J connectivity index is 2.23. The van der Waals surface area contributed by atoms with Crippen LogP contribution >= 0.6 is 0 Å². The second-order valence-electron chi connectivity index (χ2n) is 5.07. The minimum Gasteiger partial charge on any atom is -0.508 e. The van der Waals surface area contributed by atoms with Gasteiger partial charge in [0.2, 0.25) is 0 Å². The summed E-state index contributed by atoms with van der Waals surface area (Å²) in [5.74, 6) is 0.312. The fourth-order valence-corrected chi connectivity index (χ4v) is 2.98. The summed E-state index contributed by atoms with van der Waals surface area (Å²) >= 11 is 0. The van der Waals surface area contributed by atoms with Gasteiger partial charge in [0.05, 0.1) is 0 Å². The van der Waals surface area contributed by atoms with Crippen LogP contribution in [0.15, 0.2) is 36.4 Å². The largest absolute Gasteiger partial charge is 0.508 e. The zero-order valence-electron chi connectivity index (χ0n) is 9.82. The average Bonchev–Trinajstić information content (AvgIpc) is 2.76. The molecule has 0 unspecified atom stereocenters. The lowest BCUT2D eigenvalue weighted by atomic mass is 9.86. The second kappa shape index (κ2) is 3.74. The molecule has 0 heterocycles. The third-order valence-electron chi connectivity index (χ3n) is 3.90. The van der Waals surface area contributed by atoms with E-state index in [1.165, 1.54) is 23.8 Å². The van der Waals surface area contributed by atoms with Gasteiger partial charge >= 0.3 is 0 Å². The molecule has 17 heavy (non-hydrogen) atoms. The maximum atomic E-state index is 9.52. The van der Waals surface area contributed by atoms with Crippen LogP contribution in [0, 0.1) is 0 Å². The van der Waals surface area contributed by atoms with Crippen LogP contribution in [0.1, 0.15) is 31.2 Å². The van der Waals surface area contributed by atoms with Crippen LogP contribution in [0.25, 0.3) is 10.8 Å². The summed E-state index contributed by atoms with van der Waals surface area (Å²) in [6, 6.07) is 11.7. The first-order chi connectivity index (χ1) is 8.19. The van der Waals surface area contributed by atoms with E-state index in [2.05, 4.69) is 6.07 Å². The molecule has 0 atom stereocenters. The highest BCUT2D eigenvalue weighted by atomic mass is 16.3. The molecular weight excluding hydrogens is 210 g/mol. The molecule has 3 N–H and O–H groups in total. The molecule has 0 saturated heterocycles. The average molecular weight is 227 g/mol. The molecule has 0 bridgehead atoms. The molecule has 0 spiro atoms. The molecule has 2 aromatic carbocycles. The summed E-state index contributed by atoms with van der Waals surface area (Å²) in [6.45, 7) is 0. The molecule has 0 radical (unpaired) electrons. The van der Waals surface area contributed by atoms with Crippen molar-refractivity contribution < 1.29 is 5.11 Å². The SMILES string of the molecule is NC1(c2cccc3cc(O)ccc23)CCCC1. The number of aromatic hydroxyl groups is 1. The molecule has 0 aromatic heterocycles. The van der Waals surface area contributed by atoms with Crippen molar-refractivity contribution in [3.8, 4) is 5.75 Å². The number of rotatable bonds is 1. The number of hydrogen-bond donors (Lipinski definition) is 2. The van der Waals surface area contributed by atoms with Crippen molar-refractivity contribution in [1.82, 2.24) is 0 Å². The molecule has 1 fully saturated rings. The summed E-state index contributed by atoms with van der Waals surface area (Å²) in [4.78, 5) is 0. The minimum atomic E-state index is -0.170. The van der Waals surface area contributed by atoms with Crippen LogP contribution in [0.3, 0.4) is 0 Å². The normalized spacial score (nSPS) is 18.6. The lowest BCUT2D eigenvalue weighted by Crippen LogP contribution is -2.33. The summed E-state index contributed by atoms with van der Waals surface area (Å²) in [5.41, 5.74) is 7.58. The first-order valence-electron chi connectivity index (χ1n) is 6.20. The zero-order chi connectivity index (χ0) is 11.9. The van der Waals surface area contributed by atoms with Gasteiger partial charge in [0.1, 0.15) is 5.75 Å². The molecule has 3 rings (SSSR count). The van der Waals surface area contributed by atoms with E-state index in [1.54, 1.807) is 12.1 Å². The van der Waals surface area contributed by atoms with Crippen LogP contribution in [0.2, 0.25) is 0 Å². The fraction of sp³-hybridized carbons (Fsp3) is 0.333. The van der Waals surface area contributed by atoms with Gasteiger partial charge in [-0.1, -0.05) is 37.1 Å². The molecule has 0 amide bonds. The van der Waals surface area contributed by atoms with Gasteiger partial charge < -0.3 is 10.8 Å². The molecule has 2 aromatic rings. The lowest BCUT2D eigenvalue weighted by Gasteiger charge is -2.25. The van der Waals surface area contributed by atoms with Crippen molar-refractivity contribution in [3.63, 3.8) is 0 Å². The van der Waals surface area contributed by atoms with E-state index < -0.39 is 0 Å². The minimum absolute atomic E-state index is 0.170. The predicted octanol–water partition coefficient (Wildman–Crippen LogP) is 3.27. The highest BCUT2D eigenvalue weighted by molar-refractivity contribution is 5.87. The first kappa shape index (κ1) is 10.6. The third kappa shape index (κ3) is 1.69.